The number of likely N-dealkylation sites (tertiary alicyclic amines) is 2. The number of thioether (sulfide) groups is 2. The van der Waals surface area contributed by atoms with Gasteiger partial charge in [-0.2, -0.15) is 23.5 Å². The van der Waals surface area contributed by atoms with E-state index in [0.717, 1.165) is 0 Å². The summed E-state index contributed by atoms with van der Waals surface area (Å²) < 4.78 is 10.1. The van der Waals surface area contributed by atoms with Crippen molar-refractivity contribution in [3.8, 4) is 0 Å². The van der Waals surface area contributed by atoms with E-state index >= 15 is 0 Å². The Balaban J connectivity index is 0.00000121. The van der Waals surface area contributed by atoms with Crippen LogP contribution in [-0.4, -0.2) is 138 Å². The summed E-state index contributed by atoms with van der Waals surface area (Å²) in [7, 11) is 0. The molecule has 0 radical (unpaired) electrons. The first-order valence-corrected chi connectivity index (χ1v) is 21.0. The molecule has 2 aliphatic heterocycles. The quantitative estimate of drug-likeness (QED) is 0.0587. The molecule has 23 heteroatoms. The Kier molecular flexibility index (Phi) is 27.0. The molecule has 2 atom stereocenters. The molecule has 0 aromatic carbocycles. The second kappa shape index (κ2) is 29.7. The molecule has 2 saturated heterocycles. The normalized spacial score (nSPS) is 15.5. The highest BCUT2D eigenvalue weighted by molar-refractivity contribution is 8.00. The van der Waals surface area contributed by atoms with E-state index in [4.69, 9.17) is 9.47 Å². The number of ketones is 1. The molecule has 0 aromatic heterocycles. The summed E-state index contributed by atoms with van der Waals surface area (Å²) in [5, 5.41) is 13.4. The zero-order valence-corrected chi connectivity index (χ0v) is 35.8. The summed E-state index contributed by atoms with van der Waals surface area (Å²) in [6.07, 6.45) is 2.32. The number of carbonyl (C=O) groups excluding carboxylic acids is 11. The molecule has 2 heterocycles. The van der Waals surface area contributed by atoms with E-state index in [1.54, 1.807) is 13.8 Å². The van der Waals surface area contributed by atoms with Crippen LogP contribution in [0.3, 0.4) is 0 Å². The number of hydrogen-bond donors (Lipinski definition) is 6. The van der Waals surface area contributed by atoms with Crippen LogP contribution in [0.2, 0.25) is 0 Å². The topological polar surface area (TPSA) is 285 Å². The number of imide groups is 2. The summed E-state index contributed by atoms with van der Waals surface area (Å²) in [6, 6.07) is 0. The van der Waals surface area contributed by atoms with E-state index in [1.807, 2.05) is 26.4 Å². The fourth-order valence-corrected chi connectivity index (χ4v) is 6.41. The first-order valence-electron chi connectivity index (χ1n) is 18.4. The van der Waals surface area contributed by atoms with Crippen molar-refractivity contribution in [1.82, 2.24) is 41.7 Å². The first kappa shape index (κ1) is 53.6. The molecule has 2 fully saturated rings. The zero-order chi connectivity index (χ0) is 45.1. The zero-order valence-electron chi connectivity index (χ0n) is 34.2. The lowest BCUT2D eigenvalue weighted by Gasteiger charge is -2.21. The molecule has 0 spiro atoms. The van der Waals surface area contributed by atoms with Crippen LogP contribution in [0.1, 0.15) is 59.8 Å². The van der Waals surface area contributed by atoms with Gasteiger partial charge in [0.1, 0.15) is 17.4 Å². The molecule has 59 heavy (non-hydrogen) atoms. The van der Waals surface area contributed by atoms with E-state index in [2.05, 4.69) is 45.1 Å². The van der Waals surface area contributed by atoms with Gasteiger partial charge in [0.25, 0.3) is 0 Å². The minimum atomic E-state index is -1.18. The third-order valence-corrected chi connectivity index (χ3v) is 9.88. The Labute approximate surface area is 351 Å². The van der Waals surface area contributed by atoms with E-state index in [9.17, 15) is 52.7 Å². The maximum atomic E-state index is 13.1. The van der Waals surface area contributed by atoms with Crippen LogP contribution in [0.15, 0.2) is 24.8 Å². The molecule has 0 saturated carbocycles. The molecule has 2 unspecified atom stereocenters. The minimum absolute atomic E-state index is 0.0231. The van der Waals surface area contributed by atoms with Crippen LogP contribution in [0, 0.1) is 11.8 Å². The second-order valence-electron chi connectivity index (χ2n) is 12.3. The van der Waals surface area contributed by atoms with Gasteiger partial charge < -0.3 is 41.4 Å². The smallest absolute Gasteiger partial charge is 0.407 e. The average molecular weight is 873 g/mol. The minimum Gasteiger partial charge on any atom is -0.449 e. The van der Waals surface area contributed by atoms with Gasteiger partial charge in [0.05, 0.1) is 23.7 Å². The van der Waals surface area contributed by atoms with Crippen LogP contribution in [0.5, 0.6) is 0 Å². The van der Waals surface area contributed by atoms with Crippen molar-refractivity contribution in [1.29, 1.82) is 0 Å². The van der Waals surface area contributed by atoms with Crippen molar-refractivity contribution in [2.75, 3.05) is 51.9 Å². The molecular formula is C36H56N8O13S2. The number of alkyl carbamates (subject to hydrolysis) is 2. The van der Waals surface area contributed by atoms with Crippen LogP contribution in [0.25, 0.3) is 0 Å². The second-order valence-corrected chi connectivity index (χ2v) is 14.4. The van der Waals surface area contributed by atoms with Crippen molar-refractivity contribution in [3.63, 3.8) is 0 Å². The fourth-order valence-electron chi connectivity index (χ4n) is 5.13. The highest BCUT2D eigenvalue weighted by atomic mass is 32.2. The highest BCUT2D eigenvalue weighted by Gasteiger charge is 2.37. The van der Waals surface area contributed by atoms with Gasteiger partial charge in [-0.3, -0.25) is 53.0 Å². The number of Topliss-reactive ketones (excluding diaryl/α,β-unsaturated/α-hetero) is 1. The molecule has 21 nitrogen and oxygen atoms in total. The molecule has 10 amide bonds. The molecule has 2 rings (SSSR count). The number of carbonyl (C=O) groups is 11. The fraction of sp³-hybridized carbons (Fsp3) is 0.583. The number of amides is 10. The predicted octanol–water partition coefficient (Wildman–Crippen LogP) is 0.111. The molecule has 2 aliphatic rings. The third kappa shape index (κ3) is 20.7. The lowest BCUT2D eigenvalue weighted by molar-refractivity contribution is -0.139. The number of nitrogens with zero attached hydrogens (tertiary/aromatic N) is 2. The lowest BCUT2D eigenvalue weighted by atomic mass is 9.89. The maximum absolute atomic E-state index is 13.1. The average Bonchev–Trinajstić information content (AvgIpc) is 3.63. The number of nitrogens with one attached hydrogen (secondary N) is 6. The SMILES string of the molecule is C=C(NC=O)NC(=O)CC(CC(=O)NC(=C)NC=O)C(=O)CC(COC(=O)NCC)COC(=O)NCC.CCN1C(=O)CC(SC)C1=O.CCN1C(=O)CC(SC)C1=O. The molecule has 330 valence electrons. The molecular weight excluding hydrogens is 817 g/mol. The van der Waals surface area contributed by atoms with Gasteiger partial charge in [0.2, 0.25) is 48.3 Å². The van der Waals surface area contributed by atoms with E-state index < -0.39 is 54.5 Å². The Hall–Kier alpha value is -5.45. The summed E-state index contributed by atoms with van der Waals surface area (Å²) >= 11 is 2.90. The molecule has 6 N–H and O–H groups in total. The summed E-state index contributed by atoms with van der Waals surface area (Å²) in [5.74, 6) is -4.35. The third-order valence-electron chi connectivity index (χ3n) is 8.00. The highest BCUT2D eigenvalue weighted by Crippen LogP contribution is 2.23. The lowest BCUT2D eigenvalue weighted by Crippen LogP contribution is -2.37. The van der Waals surface area contributed by atoms with E-state index in [-0.39, 0.29) is 78.2 Å². The van der Waals surface area contributed by atoms with Crippen molar-refractivity contribution in [2.24, 2.45) is 11.8 Å². The van der Waals surface area contributed by atoms with E-state index in [0.29, 0.717) is 39.0 Å². The Morgan fingerprint density at radius 3 is 1.34 bits per heavy atom. The van der Waals surface area contributed by atoms with Crippen LogP contribution in [0.4, 0.5) is 9.59 Å². The van der Waals surface area contributed by atoms with Crippen molar-refractivity contribution in [2.45, 2.75) is 70.3 Å². The predicted molar refractivity (Wildman–Crippen MR) is 217 cm³/mol. The maximum Gasteiger partial charge on any atom is 0.407 e. The Morgan fingerprint density at radius 2 is 1.07 bits per heavy atom. The van der Waals surface area contributed by atoms with Crippen molar-refractivity contribution < 1.29 is 62.2 Å². The largest absolute Gasteiger partial charge is 0.449 e. The Bertz CT molecular complexity index is 1450. The van der Waals surface area contributed by atoms with Crippen LogP contribution in [-0.2, 0) is 52.6 Å². The van der Waals surface area contributed by atoms with Crippen molar-refractivity contribution in [3.05, 3.63) is 24.8 Å². The van der Waals surface area contributed by atoms with Gasteiger partial charge in [-0.1, -0.05) is 13.2 Å². The standard InChI is InChI=1S/C22H34N6O9.2C7H11NO2S/c1-5-23-21(34)36-10-16(11-37-22(35)24-6-2)7-18(31)17(8-19(32)27-14(3)25-12-29)9-20(33)28-15(4)26-13-30;2*1-3-8-6(9)4-5(11-2)7(8)10/h12-13,16-17H,3-11H2,1-2H3,(H,23,34)(H,24,35)(H,25,29)(H,26,30)(H,27,32)(H,28,33);2*5H,3-4H2,1-2H3. The van der Waals surface area contributed by atoms with Gasteiger partial charge in [-0.15, -0.1) is 0 Å². The van der Waals surface area contributed by atoms with Crippen molar-refractivity contribution >= 4 is 89.8 Å². The van der Waals surface area contributed by atoms with Gasteiger partial charge in [-0.25, -0.2) is 9.59 Å². The van der Waals surface area contributed by atoms with Gasteiger partial charge >= 0.3 is 12.2 Å². The summed E-state index contributed by atoms with van der Waals surface area (Å²) in [4.78, 5) is 130. The Morgan fingerprint density at radius 1 is 0.695 bits per heavy atom. The summed E-state index contributed by atoms with van der Waals surface area (Å²) in [6.45, 7) is 14.9. The van der Waals surface area contributed by atoms with Gasteiger partial charge in [0, 0.05) is 70.1 Å². The van der Waals surface area contributed by atoms with Gasteiger partial charge in [-0.05, 0) is 40.2 Å². The van der Waals surface area contributed by atoms with Gasteiger partial charge in [0.15, 0.2) is 0 Å². The van der Waals surface area contributed by atoms with Crippen LogP contribution >= 0.6 is 23.5 Å². The number of ether oxygens (including phenoxy) is 2. The first-order chi connectivity index (χ1) is 28.0. The molecule has 0 bridgehead atoms. The summed E-state index contributed by atoms with van der Waals surface area (Å²) in [5.41, 5.74) is 0. The van der Waals surface area contributed by atoms with Crippen LogP contribution < -0.4 is 31.9 Å². The number of hydrogen-bond acceptors (Lipinski definition) is 15. The molecule has 0 aromatic rings. The molecule has 0 aliphatic carbocycles. The monoisotopic (exact) mass is 872 g/mol. The number of rotatable bonds is 23. The van der Waals surface area contributed by atoms with E-state index in [1.165, 1.54) is 33.3 Å².